The molecule has 0 aliphatic rings. The zero-order valence-corrected chi connectivity index (χ0v) is 17.6. The predicted molar refractivity (Wildman–Crippen MR) is 108 cm³/mol. The van der Waals surface area contributed by atoms with Crippen LogP contribution in [0.25, 0.3) is 0 Å². The highest BCUT2D eigenvalue weighted by Gasteiger charge is 2.30. The number of amides is 1. The van der Waals surface area contributed by atoms with Gasteiger partial charge in [0, 0.05) is 23.5 Å². The van der Waals surface area contributed by atoms with Gasteiger partial charge in [0.15, 0.2) is 5.16 Å². The Morgan fingerprint density at radius 3 is 2.12 bits per heavy atom. The summed E-state index contributed by atoms with van der Waals surface area (Å²) in [5, 5.41) is 0.416. The molecule has 26 heavy (non-hydrogen) atoms. The van der Waals surface area contributed by atoms with E-state index in [1.807, 2.05) is 50.8 Å². The molecule has 0 unspecified atom stereocenters. The Morgan fingerprint density at radius 1 is 1.08 bits per heavy atom. The summed E-state index contributed by atoms with van der Waals surface area (Å²) in [6, 6.07) is 10.1. The van der Waals surface area contributed by atoms with Crippen molar-refractivity contribution in [1.29, 1.82) is 0 Å². The van der Waals surface area contributed by atoms with Crippen LogP contribution in [0.2, 0.25) is 0 Å². The van der Waals surface area contributed by atoms with Crippen LogP contribution in [0.3, 0.4) is 0 Å². The summed E-state index contributed by atoms with van der Waals surface area (Å²) in [5.41, 5.74) is 3.91. The Bertz CT molecular complexity index is 746. The first-order valence-corrected chi connectivity index (χ1v) is 9.81. The number of hydrogen-bond donors (Lipinski definition) is 0. The maximum Gasteiger partial charge on any atom is 0.236 e. The molecule has 1 atom stereocenters. The number of benzene rings is 1. The Morgan fingerprint density at radius 2 is 1.62 bits per heavy atom. The van der Waals surface area contributed by atoms with E-state index in [0.29, 0.717) is 11.7 Å². The number of aryl methyl sites for hydroxylation is 2. The van der Waals surface area contributed by atoms with E-state index in [4.69, 9.17) is 0 Å². The molecule has 1 amide bonds. The molecule has 0 N–H and O–H groups in total. The Labute approximate surface area is 161 Å². The van der Waals surface area contributed by atoms with Crippen LogP contribution >= 0.6 is 11.8 Å². The summed E-state index contributed by atoms with van der Waals surface area (Å²) in [4.78, 5) is 24.2. The molecule has 0 saturated carbocycles. The van der Waals surface area contributed by atoms with Crippen molar-refractivity contribution in [1.82, 2.24) is 14.9 Å². The van der Waals surface area contributed by atoms with Gasteiger partial charge in [0.2, 0.25) is 5.91 Å². The molecule has 1 aromatic heterocycles. The van der Waals surface area contributed by atoms with Crippen LogP contribution in [0.1, 0.15) is 50.2 Å². The zero-order valence-electron chi connectivity index (χ0n) is 16.8. The van der Waals surface area contributed by atoms with E-state index in [-0.39, 0.29) is 16.7 Å². The monoisotopic (exact) mass is 371 g/mol. The quantitative estimate of drug-likeness (QED) is 0.564. The predicted octanol–water partition coefficient (Wildman–Crippen LogP) is 4.71. The van der Waals surface area contributed by atoms with Crippen LogP contribution in [0.5, 0.6) is 0 Å². The number of carbonyl (C=O) groups is 1. The van der Waals surface area contributed by atoms with Crippen molar-refractivity contribution in [3.8, 4) is 0 Å². The number of hydrogen-bond acceptors (Lipinski definition) is 4. The smallest absolute Gasteiger partial charge is 0.236 e. The molecule has 5 heteroatoms. The molecular weight excluding hydrogens is 342 g/mol. The molecule has 4 nitrogen and oxygen atoms in total. The fourth-order valence-electron chi connectivity index (χ4n) is 2.63. The van der Waals surface area contributed by atoms with E-state index in [9.17, 15) is 4.79 Å². The Hall–Kier alpha value is -1.88. The number of rotatable bonds is 5. The van der Waals surface area contributed by atoms with Gasteiger partial charge in [-0.2, -0.15) is 0 Å². The van der Waals surface area contributed by atoms with Gasteiger partial charge in [-0.05, 0) is 59.6 Å². The van der Waals surface area contributed by atoms with Gasteiger partial charge in [0.25, 0.3) is 0 Å². The summed E-state index contributed by atoms with van der Waals surface area (Å²) in [7, 11) is 0. The number of carbonyl (C=O) groups excluding carboxylic acids is 1. The summed E-state index contributed by atoms with van der Waals surface area (Å²) in [5.74, 6) is 0.103. The van der Waals surface area contributed by atoms with E-state index in [1.54, 1.807) is 0 Å². The average molecular weight is 372 g/mol. The van der Waals surface area contributed by atoms with Crippen LogP contribution in [0.4, 0.5) is 0 Å². The fraction of sp³-hybridized carbons (Fsp3) is 0.476. The first-order chi connectivity index (χ1) is 12.1. The third kappa shape index (κ3) is 5.07. The van der Waals surface area contributed by atoms with Crippen LogP contribution in [-0.4, -0.2) is 31.6 Å². The lowest BCUT2D eigenvalue weighted by Gasteiger charge is -2.37. The van der Waals surface area contributed by atoms with E-state index in [1.165, 1.54) is 11.8 Å². The van der Waals surface area contributed by atoms with Crippen molar-refractivity contribution in [3.63, 3.8) is 0 Å². The largest absolute Gasteiger partial charge is 0.333 e. The molecule has 1 heterocycles. The topological polar surface area (TPSA) is 46.1 Å². The third-order valence-corrected chi connectivity index (χ3v) is 5.45. The van der Waals surface area contributed by atoms with Gasteiger partial charge in [-0.3, -0.25) is 4.79 Å². The third-order valence-electron chi connectivity index (χ3n) is 4.50. The van der Waals surface area contributed by atoms with E-state index >= 15 is 0 Å². The minimum Gasteiger partial charge on any atom is -0.333 e. The maximum absolute atomic E-state index is 13.2. The summed E-state index contributed by atoms with van der Waals surface area (Å²) >= 11 is 1.43. The van der Waals surface area contributed by atoms with Gasteiger partial charge < -0.3 is 4.90 Å². The normalized spacial score (nSPS) is 12.7. The minimum absolute atomic E-state index is 0.103. The second kappa shape index (κ2) is 8.21. The van der Waals surface area contributed by atoms with Crippen molar-refractivity contribution in [2.24, 2.45) is 0 Å². The van der Waals surface area contributed by atoms with Gasteiger partial charge in [-0.1, -0.05) is 42.1 Å². The number of thioether (sulfide) groups is 1. The fourth-order valence-corrected chi connectivity index (χ4v) is 3.56. The van der Waals surface area contributed by atoms with Gasteiger partial charge in [-0.25, -0.2) is 9.97 Å². The summed E-state index contributed by atoms with van der Waals surface area (Å²) in [6.07, 6.45) is 0. The Kier molecular flexibility index (Phi) is 6.45. The van der Waals surface area contributed by atoms with Crippen molar-refractivity contribution in [2.45, 2.75) is 71.0 Å². The first-order valence-electron chi connectivity index (χ1n) is 8.93. The van der Waals surface area contributed by atoms with Crippen LogP contribution in [-0.2, 0) is 11.3 Å². The van der Waals surface area contributed by atoms with E-state index in [2.05, 4.69) is 42.9 Å². The standard InChI is InChI=1S/C21H29N3OS/c1-14-15(2)22-20(23-16(14)3)26-17(4)19(25)24(21(5,6)7)13-18-11-9-8-10-12-18/h8-12,17H,13H2,1-7H3/t17-/m1/s1. The molecule has 0 fully saturated rings. The van der Waals surface area contributed by atoms with Crippen molar-refractivity contribution < 1.29 is 4.79 Å². The molecule has 2 rings (SSSR count). The highest BCUT2D eigenvalue weighted by Crippen LogP contribution is 2.27. The highest BCUT2D eigenvalue weighted by molar-refractivity contribution is 8.00. The Balaban J connectivity index is 2.19. The molecule has 0 bridgehead atoms. The lowest BCUT2D eigenvalue weighted by atomic mass is 10.0. The van der Waals surface area contributed by atoms with Crippen LogP contribution < -0.4 is 0 Å². The SMILES string of the molecule is Cc1nc(S[C@H](C)C(=O)N(Cc2ccccc2)C(C)(C)C)nc(C)c1C. The van der Waals surface area contributed by atoms with Crippen molar-refractivity contribution in [2.75, 3.05) is 0 Å². The molecule has 1 aromatic carbocycles. The zero-order chi connectivity index (χ0) is 19.5. The molecular formula is C21H29N3OS. The molecule has 0 aliphatic carbocycles. The molecule has 0 radical (unpaired) electrons. The molecule has 2 aromatic rings. The molecule has 0 aliphatic heterocycles. The first kappa shape index (κ1) is 20.4. The number of nitrogens with zero attached hydrogens (tertiary/aromatic N) is 3. The van der Waals surface area contributed by atoms with Crippen LogP contribution in [0, 0.1) is 20.8 Å². The highest BCUT2D eigenvalue weighted by atomic mass is 32.2. The maximum atomic E-state index is 13.2. The van der Waals surface area contributed by atoms with Crippen LogP contribution in [0.15, 0.2) is 35.5 Å². The molecule has 0 spiro atoms. The van der Waals surface area contributed by atoms with Crippen molar-refractivity contribution >= 4 is 17.7 Å². The lowest BCUT2D eigenvalue weighted by Crippen LogP contribution is -2.48. The summed E-state index contributed by atoms with van der Waals surface area (Å²) < 4.78 is 0. The second-order valence-electron chi connectivity index (χ2n) is 7.64. The van der Waals surface area contributed by atoms with Gasteiger partial charge in [0.1, 0.15) is 0 Å². The van der Waals surface area contributed by atoms with Gasteiger partial charge in [0.05, 0.1) is 5.25 Å². The van der Waals surface area contributed by atoms with E-state index < -0.39 is 0 Å². The molecule has 0 saturated heterocycles. The second-order valence-corrected chi connectivity index (χ2v) is 8.95. The summed E-state index contributed by atoms with van der Waals surface area (Å²) in [6.45, 7) is 14.7. The molecule has 140 valence electrons. The lowest BCUT2D eigenvalue weighted by molar-refractivity contribution is -0.135. The average Bonchev–Trinajstić information content (AvgIpc) is 2.56. The van der Waals surface area contributed by atoms with E-state index in [0.717, 1.165) is 22.5 Å². The minimum atomic E-state index is -0.262. The number of aromatic nitrogens is 2. The van der Waals surface area contributed by atoms with Crippen molar-refractivity contribution in [3.05, 3.63) is 52.8 Å². The van der Waals surface area contributed by atoms with Gasteiger partial charge in [-0.15, -0.1) is 0 Å². The van der Waals surface area contributed by atoms with Gasteiger partial charge >= 0.3 is 0 Å².